The Balaban J connectivity index is 2.13. The van der Waals surface area contributed by atoms with E-state index in [9.17, 15) is 9.59 Å². The van der Waals surface area contributed by atoms with Gasteiger partial charge in [-0.25, -0.2) is 0 Å². The molecule has 1 aromatic carbocycles. The molecule has 114 valence electrons. The number of nitrogens with zero attached hydrogens (tertiary/aromatic N) is 4. The van der Waals surface area contributed by atoms with E-state index >= 15 is 0 Å². The monoisotopic (exact) mass is 317 g/mol. The van der Waals surface area contributed by atoms with E-state index in [0.717, 1.165) is 5.52 Å². The Morgan fingerprint density at radius 1 is 1.32 bits per heavy atom. The first-order valence-electron chi connectivity index (χ1n) is 6.86. The van der Waals surface area contributed by atoms with E-state index in [2.05, 4.69) is 15.5 Å². The third-order valence-electron chi connectivity index (χ3n) is 3.30. The van der Waals surface area contributed by atoms with Gasteiger partial charge in [0.2, 0.25) is 11.7 Å². The Kier molecular flexibility index (Phi) is 3.84. The van der Waals surface area contributed by atoms with Gasteiger partial charge in [-0.05, 0) is 19.1 Å². The van der Waals surface area contributed by atoms with E-state index < -0.39 is 0 Å². The Bertz CT molecular complexity index is 915. The molecule has 7 nitrogen and oxygen atoms in total. The van der Waals surface area contributed by atoms with Gasteiger partial charge in [-0.15, -0.1) is 10.2 Å². The summed E-state index contributed by atoms with van der Waals surface area (Å²) in [5.74, 6) is 0.659. The van der Waals surface area contributed by atoms with Crippen LogP contribution in [0.25, 0.3) is 16.7 Å². The Morgan fingerprint density at radius 3 is 2.86 bits per heavy atom. The molecule has 0 saturated heterocycles. The van der Waals surface area contributed by atoms with Crippen molar-refractivity contribution in [3.8, 4) is 0 Å². The standard InChI is InChI=1S/C14H15N5O2S/c1-3-15-11(20)8-22-14-17-16-13-18(2)12(21)9-6-4-5-7-10(9)19(13)14/h4-7H,3,8H2,1-2H3,(H,15,20). The summed E-state index contributed by atoms with van der Waals surface area (Å²) in [6, 6.07) is 7.31. The lowest BCUT2D eigenvalue weighted by molar-refractivity contribution is -0.118. The molecule has 22 heavy (non-hydrogen) atoms. The van der Waals surface area contributed by atoms with Crippen molar-refractivity contribution in [2.75, 3.05) is 12.3 Å². The fourth-order valence-electron chi connectivity index (χ4n) is 2.28. The van der Waals surface area contributed by atoms with Crippen LogP contribution in [-0.2, 0) is 11.8 Å². The molecule has 0 atom stereocenters. The lowest BCUT2D eigenvalue weighted by Crippen LogP contribution is -2.24. The number of thioether (sulfide) groups is 1. The van der Waals surface area contributed by atoms with Crippen molar-refractivity contribution in [2.24, 2.45) is 7.05 Å². The normalized spacial score (nSPS) is 11.2. The molecule has 1 amide bonds. The minimum atomic E-state index is -0.115. The predicted octanol–water partition coefficient (Wildman–Crippen LogP) is 0.809. The minimum absolute atomic E-state index is 0.0571. The average Bonchev–Trinajstić information content (AvgIpc) is 2.95. The molecule has 2 heterocycles. The maximum Gasteiger partial charge on any atom is 0.262 e. The number of amides is 1. The summed E-state index contributed by atoms with van der Waals surface area (Å²) in [6.45, 7) is 2.47. The van der Waals surface area contributed by atoms with Crippen LogP contribution in [0.4, 0.5) is 0 Å². The summed E-state index contributed by atoms with van der Waals surface area (Å²) in [4.78, 5) is 23.9. The largest absolute Gasteiger partial charge is 0.356 e. The maximum atomic E-state index is 12.3. The number of para-hydroxylation sites is 1. The first-order valence-corrected chi connectivity index (χ1v) is 7.84. The first kappa shape index (κ1) is 14.6. The van der Waals surface area contributed by atoms with Gasteiger partial charge in [0.15, 0.2) is 5.16 Å². The summed E-state index contributed by atoms with van der Waals surface area (Å²) in [6.07, 6.45) is 0. The highest BCUT2D eigenvalue weighted by molar-refractivity contribution is 7.99. The third kappa shape index (κ3) is 2.35. The van der Waals surface area contributed by atoms with E-state index in [1.54, 1.807) is 17.5 Å². The van der Waals surface area contributed by atoms with Gasteiger partial charge in [-0.3, -0.25) is 18.6 Å². The molecule has 3 rings (SSSR count). The fourth-order valence-corrected chi connectivity index (χ4v) is 3.05. The van der Waals surface area contributed by atoms with Crippen molar-refractivity contribution in [3.63, 3.8) is 0 Å². The zero-order valence-corrected chi connectivity index (χ0v) is 13.1. The first-order chi connectivity index (χ1) is 10.6. The summed E-state index contributed by atoms with van der Waals surface area (Å²) in [5, 5.41) is 12.1. The number of rotatable bonds is 4. The van der Waals surface area contributed by atoms with E-state index in [4.69, 9.17) is 0 Å². The Labute approximate surface area is 130 Å². The lowest BCUT2D eigenvalue weighted by Gasteiger charge is -2.07. The van der Waals surface area contributed by atoms with Gasteiger partial charge in [0.1, 0.15) is 0 Å². The molecule has 2 aromatic heterocycles. The molecule has 0 radical (unpaired) electrons. The second kappa shape index (κ2) is 5.80. The minimum Gasteiger partial charge on any atom is -0.356 e. The molecule has 0 bridgehead atoms. The van der Waals surface area contributed by atoms with E-state index in [1.165, 1.54) is 16.3 Å². The molecule has 0 aliphatic heterocycles. The molecular formula is C14H15N5O2S. The van der Waals surface area contributed by atoms with Crippen molar-refractivity contribution >= 4 is 34.3 Å². The summed E-state index contributed by atoms with van der Waals surface area (Å²) in [7, 11) is 1.66. The highest BCUT2D eigenvalue weighted by Gasteiger charge is 2.15. The highest BCUT2D eigenvalue weighted by Crippen LogP contribution is 2.20. The van der Waals surface area contributed by atoms with Crippen molar-refractivity contribution < 1.29 is 4.79 Å². The van der Waals surface area contributed by atoms with Gasteiger partial charge in [0.05, 0.1) is 16.7 Å². The number of fused-ring (bicyclic) bond motifs is 3. The smallest absolute Gasteiger partial charge is 0.262 e. The number of aromatic nitrogens is 4. The Morgan fingerprint density at radius 2 is 2.09 bits per heavy atom. The van der Waals surface area contributed by atoms with Crippen LogP contribution < -0.4 is 10.9 Å². The van der Waals surface area contributed by atoms with Crippen molar-refractivity contribution in [2.45, 2.75) is 12.1 Å². The van der Waals surface area contributed by atoms with Crippen LogP contribution in [0.3, 0.4) is 0 Å². The molecule has 0 unspecified atom stereocenters. The predicted molar refractivity (Wildman–Crippen MR) is 85.1 cm³/mol. The van der Waals surface area contributed by atoms with E-state index in [1.807, 2.05) is 25.1 Å². The maximum absolute atomic E-state index is 12.3. The van der Waals surface area contributed by atoms with Gasteiger partial charge >= 0.3 is 0 Å². The van der Waals surface area contributed by atoms with Crippen LogP contribution in [0.2, 0.25) is 0 Å². The number of benzene rings is 1. The van der Waals surface area contributed by atoms with Crippen LogP contribution in [0.15, 0.2) is 34.2 Å². The van der Waals surface area contributed by atoms with Crippen LogP contribution in [0, 0.1) is 0 Å². The van der Waals surface area contributed by atoms with Gasteiger partial charge < -0.3 is 5.32 Å². The zero-order chi connectivity index (χ0) is 15.7. The van der Waals surface area contributed by atoms with E-state index in [0.29, 0.717) is 22.9 Å². The topological polar surface area (TPSA) is 81.3 Å². The van der Waals surface area contributed by atoms with Crippen LogP contribution in [0.5, 0.6) is 0 Å². The fraction of sp³-hybridized carbons (Fsp3) is 0.286. The molecule has 0 aliphatic carbocycles. The summed E-state index contributed by atoms with van der Waals surface area (Å²) < 4.78 is 3.27. The van der Waals surface area contributed by atoms with Crippen LogP contribution in [0.1, 0.15) is 6.92 Å². The number of aryl methyl sites for hydroxylation is 1. The van der Waals surface area contributed by atoms with Crippen LogP contribution in [-0.4, -0.2) is 37.4 Å². The third-order valence-corrected chi connectivity index (χ3v) is 4.23. The number of carbonyl (C=O) groups is 1. The van der Waals surface area contributed by atoms with Gasteiger partial charge in [-0.1, -0.05) is 23.9 Å². The van der Waals surface area contributed by atoms with Crippen LogP contribution >= 0.6 is 11.8 Å². The molecule has 0 saturated carbocycles. The number of carbonyl (C=O) groups excluding carboxylic acids is 1. The molecular weight excluding hydrogens is 302 g/mol. The molecule has 0 fully saturated rings. The van der Waals surface area contributed by atoms with Gasteiger partial charge in [0.25, 0.3) is 5.56 Å². The summed E-state index contributed by atoms with van der Waals surface area (Å²) >= 11 is 1.30. The van der Waals surface area contributed by atoms with Crippen molar-refractivity contribution in [3.05, 3.63) is 34.6 Å². The molecule has 0 spiro atoms. The van der Waals surface area contributed by atoms with E-state index in [-0.39, 0.29) is 17.2 Å². The number of hydrogen-bond donors (Lipinski definition) is 1. The quantitative estimate of drug-likeness (QED) is 0.720. The molecule has 8 heteroatoms. The molecule has 1 N–H and O–H groups in total. The lowest BCUT2D eigenvalue weighted by atomic mass is 10.2. The second-order valence-electron chi connectivity index (χ2n) is 4.74. The average molecular weight is 317 g/mol. The summed E-state index contributed by atoms with van der Waals surface area (Å²) in [5.41, 5.74) is 0.625. The molecule has 0 aliphatic rings. The number of nitrogens with one attached hydrogen (secondary N) is 1. The van der Waals surface area contributed by atoms with Crippen molar-refractivity contribution in [1.29, 1.82) is 0 Å². The van der Waals surface area contributed by atoms with Crippen molar-refractivity contribution in [1.82, 2.24) is 24.5 Å². The second-order valence-corrected chi connectivity index (χ2v) is 5.68. The zero-order valence-electron chi connectivity index (χ0n) is 12.2. The molecule has 3 aromatic rings. The van der Waals surface area contributed by atoms with Gasteiger partial charge in [-0.2, -0.15) is 0 Å². The number of hydrogen-bond acceptors (Lipinski definition) is 5. The SMILES string of the molecule is CCNC(=O)CSc1nnc2n(C)c(=O)c3ccccc3n12. The van der Waals surface area contributed by atoms with Gasteiger partial charge in [0, 0.05) is 13.6 Å². The Hall–Kier alpha value is -2.35. The highest BCUT2D eigenvalue weighted by atomic mass is 32.2.